The maximum Gasteiger partial charge on any atom is 0.265 e. The largest absolute Gasteiger partial charge is 0.320 e. The van der Waals surface area contributed by atoms with Crippen LogP contribution < -0.4 is 5.32 Å². The predicted molar refractivity (Wildman–Crippen MR) is 81.9 cm³/mol. The number of nitrogens with one attached hydrogen (secondary N) is 1. The minimum atomic E-state index is -0.103. The molecule has 0 aliphatic heterocycles. The third-order valence-corrected chi connectivity index (χ3v) is 3.70. The first-order valence-electron chi connectivity index (χ1n) is 6.19. The molecule has 3 nitrogen and oxygen atoms in total. The van der Waals surface area contributed by atoms with Crippen molar-refractivity contribution in [3.63, 3.8) is 0 Å². The Morgan fingerprint density at radius 3 is 2.50 bits per heavy atom. The third kappa shape index (κ3) is 2.75. The zero-order chi connectivity index (χ0) is 13.8. The number of hydrogen-bond acceptors (Lipinski definition) is 3. The summed E-state index contributed by atoms with van der Waals surface area (Å²) in [4.78, 5) is 17.0. The molecule has 0 bridgehead atoms. The van der Waals surface area contributed by atoms with E-state index in [2.05, 4.69) is 10.3 Å². The van der Waals surface area contributed by atoms with Crippen molar-refractivity contribution in [3.05, 3.63) is 71.1 Å². The minimum absolute atomic E-state index is 0.103. The summed E-state index contributed by atoms with van der Waals surface area (Å²) < 4.78 is 0. The van der Waals surface area contributed by atoms with E-state index in [1.54, 1.807) is 12.3 Å². The molecule has 1 N–H and O–H groups in total. The van der Waals surface area contributed by atoms with Crippen molar-refractivity contribution >= 4 is 22.9 Å². The topological polar surface area (TPSA) is 42.0 Å². The van der Waals surface area contributed by atoms with Crippen molar-refractivity contribution in [2.75, 3.05) is 5.32 Å². The van der Waals surface area contributed by atoms with Gasteiger partial charge in [-0.1, -0.05) is 36.4 Å². The summed E-state index contributed by atoms with van der Waals surface area (Å²) in [6.45, 7) is 0. The number of aromatic nitrogens is 1. The van der Waals surface area contributed by atoms with Gasteiger partial charge in [0.05, 0.1) is 22.5 Å². The Kier molecular flexibility index (Phi) is 3.56. The van der Waals surface area contributed by atoms with Gasteiger partial charge in [-0.2, -0.15) is 0 Å². The van der Waals surface area contributed by atoms with Crippen LogP contribution in [0.15, 0.2) is 66.2 Å². The van der Waals surface area contributed by atoms with Crippen molar-refractivity contribution in [1.82, 2.24) is 4.98 Å². The lowest BCUT2D eigenvalue weighted by Gasteiger charge is -2.05. The molecule has 0 spiro atoms. The molecule has 0 atom stereocenters. The fourth-order valence-electron chi connectivity index (χ4n) is 1.85. The number of anilines is 1. The van der Waals surface area contributed by atoms with Crippen LogP contribution in [0.4, 0.5) is 5.69 Å². The van der Waals surface area contributed by atoms with E-state index >= 15 is 0 Å². The standard InChI is InChI=1S/C16H12N2OS/c19-16(15-7-4-10-20-15)18-13-8-9-14(17-11-13)12-5-2-1-3-6-12/h1-11H,(H,18,19). The zero-order valence-electron chi connectivity index (χ0n) is 10.6. The van der Waals surface area contributed by atoms with Gasteiger partial charge in [-0.25, -0.2) is 0 Å². The summed E-state index contributed by atoms with van der Waals surface area (Å²) in [5, 5.41) is 4.71. The van der Waals surface area contributed by atoms with E-state index in [-0.39, 0.29) is 5.91 Å². The lowest BCUT2D eigenvalue weighted by atomic mass is 10.1. The molecule has 0 saturated heterocycles. The molecule has 2 aromatic heterocycles. The molecule has 0 radical (unpaired) electrons. The third-order valence-electron chi connectivity index (χ3n) is 2.84. The minimum Gasteiger partial charge on any atom is -0.320 e. The highest BCUT2D eigenvalue weighted by molar-refractivity contribution is 7.12. The molecule has 1 amide bonds. The number of benzene rings is 1. The van der Waals surface area contributed by atoms with Crippen LogP contribution in [0.2, 0.25) is 0 Å². The van der Waals surface area contributed by atoms with E-state index in [1.165, 1.54) is 11.3 Å². The molecule has 2 heterocycles. The van der Waals surface area contributed by atoms with Crippen LogP contribution in [0.5, 0.6) is 0 Å². The van der Waals surface area contributed by atoms with Gasteiger partial charge in [0.2, 0.25) is 0 Å². The van der Waals surface area contributed by atoms with Crippen molar-refractivity contribution in [1.29, 1.82) is 0 Å². The molecular formula is C16H12N2OS. The van der Waals surface area contributed by atoms with Gasteiger partial charge in [0.25, 0.3) is 5.91 Å². The number of pyridine rings is 1. The second kappa shape index (κ2) is 5.67. The second-order valence-corrected chi connectivity index (χ2v) is 5.18. The number of carbonyl (C=O) groups is 1. The first-order chi connectivity index (χ1) is 9.83. The molecule has 0 unspecified atom stereocenters. The highest BCUT2D eigenvalue weighted by Crippen LogP contribution is 2.18. The Labute approximate surface area is 120 Å². The maximum absolute atomic E-state index is 11.9. The van der Waals surface area contributed by atoms with E-state index in [9.17, 15) is 4.79 Å². The van der Waals surface area contributed by atoms with Crippen molar-refractivity contribution in [3.8, 4) is 11.3 Å². The Morgan fingerprint density at radius 1 is 1.00 bits per heavy atom. The molecule has 1 aromatic carbocycles. The zero-order valence-corrected chi connectivity index (χ0v) is 11.4. The lowest BCUT2D eigenvalue weighted by Crippen LogP contribution is -2.10. The van der Waals surface area contributed by atoms with Crippen LogP contribution in [-0.4, -0.2) is 10.9 Å². The van der Waals surface area contributed by atoms with Crippen LogP contribution in [0.25, 0.3) is 11.3 Å². The van der Waals surface area contributed by atoms with Gasteiger partial charge in [-0.3, -0.25) is 9.78 Å². The highest BCUT2D eigenvalue weighted by Gasteiger charge is 2.07. The van der Waals surface area contributed by atoms with Crippen molar-refractivity contribution in [2.45, 2.75) is 0 Å². The summed E-state index contributed by atoms with van der Waals surface area (Å²) in [5.74, 6) is -0.103. The predicted octanol–water partition coefficient (Wildman–Crippen LogP) is 4.06. The van der Waals surface area contributed by atoms with Crippen LogP contribution >= 0.6 is 11.3 Å². The number of thiophene rings is 1. The lowest BCUT2D eigenvalue weighted by molar-refractivity contribution is 0.103. The first kappa shape index (κ1) is 12.6. The van der Waals surface area contributed by atoms with E-state index in [1.807, 2.05) is 53.9 Å². The van der Waals surface area contributed by atoms with Crippen LogP contribution in [0, 0.1) is 0 Å². The van der Waals surface area contributed by atoms with Gasteiger partial charge in [0.1, 0.15) is 0 Å². The van der Waals surface area contributed by atoms with Gasteiger partial charge >= 0.3 is 0 Å². The number of amides is 1. The van der Waals surface area contributed by atoms with E-state index in [0.29, 0.717) is 10.6 Å². The van der Waals surface area contributed by atoms with Gasteiger partial charge in [-0.05, 0) is 23.6 Å². The molecule has 0 fully saturated rings. The average molecular weight is 280 g/mol. The number of carbonyl (C=O) groups excluding carboxylic acids is 1. The normalized spacial score (nSPS) is 10.2. The first-order valence-corrected chi connectivity index (χ1v) is 7.07. The van der Waals surface area contributed by atoms with Gasteiger partial charge < -0.3 is 5.32 Å². The fraction of sp³-hybridized carbons (Fsp3) is 0. The van der Waals surface area contributed by atoms with E-state index in [4.69, 9.17) is 0 Å². The van der Waals surface area contributed by atoms with E-state index in [0.717, 1.165) is 11.3 Å². The van der Waals surface area contributed by atoms with Gasteiger partial charge in [0, 0.05) is 5.56 Å². The molecular weight excluding hydrogens is 268 g/mol. The average Bonchev–Trinajstić information content (AvgIpc) is 3.03. The summed E-state index contributed by atoms with van der Waals surface area (Å²) in [5.41, 5.74) is 2.64. The molecule has 98 valence electrons. The van der Waals surface area contributed by atoms with Crippen molar-refractivity contribution < 1.29 is 4.79 Å². The SMILES string of the molecule is O=C(Nc1ccc(-c2ccccc2)nc1)c1cccs1. The van der Waals surface area contributed by atoms with Gasteiger partial charge in [0.15, 0.2) is 0 Å². The Bertz CT molecular complexity index is 691. The smallest absolute Gasteiger partial charge is 0.265 e. The van der Waals surface area contributed by atoms with Crippen molar-refractivity contribution in [2.24, 2.45) is 0 Å². The second-order valence-electron chi connectivity index (χ2n) is 4.23. The molecule has 0 aliphatic carbocycles. The molecule has 0 aliphatic rings. The van der Waals surface area contributed by atoms with E-state index < -0.39 is 0 Å². The Balaban J connectivity index is 1.75. The fourth-order valence-corrected chi connectivity index (χ4v) is 2.47. The number of nitrogens with zero attached hydrogens (tertiary/aromatic N) is 1. The molecule has 20 heavy (non-hydrogen) atoms. The van der Waals surface area contributed by atoms with Crippen LogP contribution in [-0.2, 0) is 0 Å². The highest BCUT2D eigenvalue weighted by atomic mass is 32.1. The van der Waals surface area contributed by atoms with Crippen LogP contribution in [0.3, 0.4) is 0 Å². The summed E-state index contributed by atoms with van der Waals surface area (Å²) in [6.07, 6.45) is 1.67. The monoisotopic (exact) mass is 280 g/mol. The number of hydrogen-bond donors (Lipinski definition) is 1. The molecule has 3 rings (SSSR count). The van der Waals surface area contributed by atoms with Crippen LogP contribution in [0.1, 0.15) is 9.67 Å². The quantitative estimate of drug-likeness (QED) is 0.786. The summed E-state index contributed by atoms with van der Waals surface area (Å²) >= 11 is 1.42. The maximum atomic E-state index is 11.9. The summed E-state index contributed by atoms with van der Waals surface area (Å²) in [7, 11) is 0. The number of rotatable bonds is 3. The molecule has 0 saturated carbocycles. The Morgan fingerprint density at radius 2 is 1.85 bits per heavy atom. The van der Waals surface area contributed by atoms with Gasteiger partial charge in [-0.15, -0.1) is 11.3 Å². The Hall–Kier alpha value is -2.46. The molecule has 3 aromatic rings. The molecule has 4 heteroatoms. The summed E-state index contributed by atoms with van der Waals surface area (Å²) in [6, 6.07) is 17.4.